The van der Waals surface area contributed by atoms with Gasteiger partial charge >= 0.3 is 0 Å². The van der Waals surface area contributed by atoms with Crippen molar-refractivity contribution in [2.24, 2.45) is 9.98 Å². The Morgan fingerprint density at radius 3 is 1.82 bits per heavy atom. The predicted octanol–water partition coefficient (Wildman–Crippen LogP) is 17.2. The van der Waals surface area contributed by atoms with Crippen LogP contribution in [0.15, 0.2) is 216 Å². The number of nitrogens with one attached hydrogen (secondary N) is 1. The molecule has 15 rings (SSSR count). The van der Waals surface area contributed by atoms with Gasteiger partial charge in [0.15, 0.2) is 5.84 Å². The van der Waals surface area contributed by atoms with E-state index in [1.54, 1.807) is 0 Å². The van der Waals surface area contributed by atoms with E-state index in [-0.39, 0.29) is 0 Å². The van der Waals surface area contributed by atoms with E-state index in [0.717, 1.165) is 39.3 Å². The first-order chi connectivity index (χ1) is 33.7. The smallest absolute Gasteiger partial charge is 0.160 e. The number of fused-ring (bicyclic) bond motifs is 13. The summed E-state index contributed by atoms with van der Waals surface area (Å²) in [4.78, 5) is 11.3. The molecular formula is C61H36N4S3. The zero-order chi connectivity index (χ0) is 44.5. The first-order valence-corrected chi connectivity index (χ1v) is 25.4. The molecule has 0 bridgehead atoms. The van der Waals surface area contributed by atoms with Gasteiger partial charge in [-0.15, -0.1) is 34.0 Å². The summed E-state index contributed by atoms with van der Waals surface area (Å²) in [6.45, 7) is 0. The van der Waals surface area contributed by atoms with Crippen LogP contribution in [0, 0.1) is 0 Å². The molecule has 4 nitrogen and oxygen atoms in total. The highest BCUT2D eigenvalue weighted by Crippen LogP contribution is 2.43. The van der Waals surface area contributed by atoms with E-state index in [4.69, 9.17) is 9.98 Å². The molecule has 5 heterocycles. The van der Waals surface area contributed by atoms with Crippen molar-refractivity contribution in [1.29, 1.82) is 0 Å². The van der Waals surface area contributed by atoms with Crippen LogP contribution < -0.4 is 5.32 Å². The Kier molecular flexibility index (Phi) is 8.30. The lowest BCUT2D eigenvalue weighted by atomic mass is 9.95. The summed E-state index contributed by atoms with van der Waals surface area (Å²) in [6.07, 6.45) is -0.416. The predicted molar refractivity (Wildman–Crippen MR) is 294 cm³/mol. The molecule has 0 amide bonds. The largest absolute Gasteiger partial charge is 0.344 e. The van der Waals surface area contributed by atoms with E-state index >= 15 is 0 Å². The first kappa shape index (κ1) is 38.2. The summed E-state index contributed by atoms with van der Waals surface area (Å²) >= 11 is 5.51. The van der Waals surface area contributed by atoms with Crippen LogP contribution in [0.2, 0.25) is 0 Å². The van der Waals surface area contributed by atoms with Crippen LogP contribution >= 0.6 is 34.0 Å². The van der Waals surface area contributed by atoms with Gasteiger partial charge < -0.3 is 9.88 Å². The van der Waals surface area contributed by atoms with Gasteiger partial charge in [-0.05, 0) is 101 Å². The average molecular weight is 921 g/mol. The summed E-state index contributed by atoms with van der Waals surface area (Å²) in [6, 6.07) is 75.6. The maximum atomic E-state index is 5.70. The molecule has 1 unspecified atom stereocenters. The minimum absolute atomic E-state index is 0.416. The molecule has 1 aliphatic heterocycles. The zero-order valence-electron chi connectivity index (χ0n) is 36.3. The Morgan fingerprint density at radius 2 is 1.01 bits per heavy atom. The summed E-state index contributed by atoms with van der Waals surface area (Å²) in [5, 5.41) is 16.3. The topological polar surface area (TPSA) is 41.7 Å². The van der Waals surface area contributed by atoms with Crippen molar-refractivity contribution in [3.63, 3.8) is 0 Å². The number of para-hydroxylation sites is 1. The number of nitrogens with zero attached hydrogens (tertiary/aromatic N) is 3. The van der Waals surface area contributed by atoms with Gasteiger partial charge in [0.1, 0.15) is 12.0 Å². The fourth-order valence-electron chi connectivity index (χ4n) is 10.8. The Bertz CT molecular complexity index is 4500. The van der Waals surface area contributed by atoms with E-state index in [9.17, 15) is 0 Å². The number of benzene rings is 10. The standard InChI is InChI=1S/C61H36N4S3/c1-2-14-36-33-50-47(31-35(36)13-1)39-15-3-7-21-49(39)65(50)38-28-29-41(46(34-38)37-27-30-54-48(32-37)40-16-4-8-22-51(40)66-54)59-62-60(44-19-11-25-55-57(44)42-17-5-9-23-52(42)67-55)64-61(63-59)45-20-12-26-56-58(45)43-18-6-10-24-53(43)68-56/h1-34,60H,(H,62,63,64). The number of thiophene rings is 3. The maximum absolute atomic E-state index is 5.70. The van der Waals surface area contributed by atoms with Gasteiger partial charge in [-0.25, -0.2) is 9.98 Å². The van der Waals surface area contributed by atoms with Crippen LogP contribution in [0.4, 0.5) is 0 Å². The first-order valence-electron chi connectivity index (χ1n) is 22.9. The summed E-state index contributed by atoms with van der Waals surface area (Å²) in [5.41, 5.74) is 8.81. The van der Waals surface area contributed by atoms with Gasteiger partial charge in [0, 0.05) is 93.7 Å². The van der Waals surface area contributed by atoms with Crippen LogP contribution in [0.5, 0.6) is 0 Å². The Labute approximate surface area is 402 Å². The van der Waals surface area contributed by atoms with E-state index in [0.29, 0.717) is 5.84 Å². The molecular weight excluding hydrogens is 885 g/mol. The normalized spacial score (nSPS) is 14.3. The highest BCUT2D eigenvalue weighted by molar-refractivity contribution is 7.26. The molecule has 68 heavy (non-hydrogen) atoms. The van der Waals surface area contributed by atoms with Gasteiger partial charge in [0.05, 0.1) is 11.0 Å². The zero-order valence-corrected chi connectivity index (χ0v) is 38.7. The van der Waals surface area contributed by atoms with Crippen LogP contribution in [-0.2, 0) is 0 Å². The lowest BCUT2D eigenvalue weighted by molar-refractivity contribution is 0.680. The highest BCUT2D eigenvalue weighted by Gasteiger charge is 2.27. The number of amidine groups is 2. The van der Waals surface area contributed by atoms with Crippen LogP contribution in [-0.4, -0.2) is 16.2 Å². The third-order valence-electron chi connectivity index (χ3n) is 13.9. The summed E-state index contributed by atoms with van der Waals surface area (Å²) < 4.78 is 10.0. The van der Waals surface area contributed by atoms with E-state index in [2.05, 4.69) is 216 Å². The molecule has 1 N–H and O–H groups in total. The number of hydrogen-bond acceptors (Lipinski definition) is 6. The maximum Gasteiger partial charge on any atom is 0.160 e. The highest BCUT2D eigenvalue weighted by atomic mass is 32.1. The second-order valence-electron chi connectivity index (χ2n) is 17.7. The van der Waals surface area contributed by atoms with Crippen molar-refractivity contribution in [1.82, 2.24) is 9.88 Å². The number of rotatable bonds is 5. The Hall–Kier alpha value is -7.94. The molecule has 4 aromatic heterocycles. The van der Waals surface area contributed by atoms with Crippen molar-refractivity contribution in [3.8, 4) is 16.8 Å². The van der Waals surface area contributed by atoms with Crippen molar-refractivity contribution in [2.45, 2.75) is 6.17 Å². The molecule has 0 fully saturated rings. The lowest BCUT2D eigenvalue weighted by Gasteiger charge is -2.26. The van der Waals surface area contributed by atoms with E-state index in [1.165, 1.54) is 93.1 Å². The van der Waals surface area contributed by atoms with Gasteiger partial charge in [0.25, 0.3) is 0 Å². The number of aliphatic imine (C=N–C) groups is 2. The van der Waals surface area contributed by atoms with Gasteiger partial charge in [-0.2, -0.15) is 0 Å². The Balaban J connectivity index is 1.01. The monoisotopic (exact) mass is 920 g/mol. The average Bonchev–Trinajstić information content (AvgIpc) is 4.16. The second-order valence-corrected chi connectivity index (χ2v) is 20.9. The quantitative estimate of drug-likeness (QED) is 0.184. The summed E-state index contributed by atoms with van der Waals surface area (Å²) in [7, 11) is 0. The SMILES string of the molecule is c1ccc2cc3c(cc2c1)c1ccccc1n3-c1ccc(C2=NC(c3cccc4sc5ccccc5c34)NC(c3cccc4sc5ccccc5c34)=N2)c(-c2ccc3sc4ccccc4c3c2)c1. The molecule has 0 saturated carbocycles. The number of hydrogen-bond donors (Lipinski definition) is 1. The summed E-state index contributed by atoms with van der Waals surface area (Å²) in [5.74, 6) is 1.51. The molecule has 318 valence electrons. The molecule has 1 aliphatic rings. The molecule has 14 aromatic rings. The minimum atomic E-state index is -0.416. The van der Waals surface area contributed by atoms with Crippen LogP contribution in [0.3, 0.4) is 0 Å². The molecule has 0 radical (unpaired) electrons. The van der Waals surface area contributed by atoms with Gasteiger partial charge in [-0.3, -0.25) is 0 Å². The molecule has 0 aliphatic carbocycles. The molecule has 10 aromatic carbocycles. The van der Waals surface area contributed by atoms with E-state index < -0.39 is 6.17 Å². The van der Waals surface area contributed by atoms with Crippen molar-refractivity contribution in [3.05, 3.63) is 223 Å². The third kappa shape index (κ3) is 5.77. The van der Waals surface area contributed by atoms with Gasteiger partial charge in [0.2, 0.25) is 0 Å². The lowest BCUT2D eigenvalue weighted by Crippen LogP contribution is -2.34. The van der Waals surface area contributed by atoms with Crippen molar-refractivity contribution < 1.29 is 0 Å². The molecule has 0 spiro atoms. The second kappa shape index (κ2) is 14.8. The van der Waals surface area contributed by atoms with Crippen LogP contribution in [0.1, 0.15) is 22.9 Å². The van der Waals surface area contributed by atoms with Gasteiger partial charge in [-0.1, -0.05) is 127 Å². The molecule has 1 atom stereocenters. The fraction of sp³-hybridized carbons (Fsp3) is 0.0164. The number of aromatic nitrogens is 1. The van der Waals surface area contributed by atoms with Crippen molar-refractivity contribution in [2.75, 3.05) is 0 Å². The molecule has 7 heteroatoms. The van der Waals surface area contributed by atoms with E-state index in [1.807, 2.05) is 34.0 Å². The minimum Gasteiger partial charge on any atom is -0.344 e. The third-order valence-corrected chi connectivity index (χ3v) is 17.3. The molecule has 0 saturated heterocycles. The van der Waals surface area contributed by atoms with Crippen LogP contribution in [0.25, 0.3) is 110 Å². The fourth-order valence-corrected chi connectivity index (χ4v) is 14.2. The van der Waals surface area contributed by atoms with Crippen molar-refractivity contribution >= 4 is 139 Å². The Morgan fingerprint density at radius 1 is 0.397 bits per heavy atom.